The molecule has 0 radical (unpaired) electrons. The maximum Gasteiger partial charge on any atom is 0.306 e. The number of rotatable bonds is 50. The van der Waals surface area contributed by atoms with Crippen molar-refractivity contribution in [3.8, 4) is 0 Å². The third-order valence-corrected chi connectivity index (χ3v) is 11.8. The highest BCUT2D eigenvalue weighted by atomic mass is 16.6. The van der Waals surface area contributed by atoms with Gasteiger partial charge in [0, 0.05) is 19.3 Å². The van der Waals surface area contributed by atoms with Crippen LogP contribution in [-0.4, -0.2) is 37.2 Å². The Hall–Kier alpha value is -3.41. The molecule has 0 aliphatic heterocycles. The quantitative estimate of drug-likeness (QED) is 0.0262. The van der Waals surface area contributed by atoms with Gasteiger partial charge in [-0.2, -0.15) is 0 Å². The Morgan fingerprint density at radius 3 is 0.925 bits per heavy atom. The molecule has 0 aliphatic rings. The number of unbranched alkanes of at least 4 members (excludes halogenated alkanes) is 25. The molecular formula is C61H104O6. The molecular weight excluding hydrogens is 829 g/mol. The van der Waals surface area contributed by atoms with E-state index in [-0.39, 0.29) is 37.5 Å². The van der Waals surface area contributed by atoms with Crippen molar-refractivity contribution < 1.29 is 28.6 Å². The lowest BCUT2D eigenvalue weighted by molar-refractivity contribution is -0.167. The van der Waals surface area contributed by atoms with Crippen molar-refractivity contribution in [2.45, 2.75) is 271 Å². The number of esters is 3. The number of hydrogen-bond acceptors (Lipinski definition) is 6. The van der Waals surface area contributed by atoms with E-state index >= 15 is 0 Å². The summed E-state index contributed by atoms with van der Waals surface area (Å²) in [5.74, 6) is -0.968. The van der Waals surface area contributed by atoms with Gasteiger partial charge in [0.05, 0.1) is 0 Å². The van der Waals surface area contributed by atoms with Gasteiger partial charge in [-0.15, -0.1) is 0 Å². The van der Waals surface area contributed by atoms with E-state index in [0.29, 0.717) is 19.3 Å². The molecule has 0 saturated heterocycles. The topological polar surface area (TPSA) is 78.9 Å². The van der Waals surface area contributed by atoms with E-state index in [2.05, 4.69) is 106 Å². The number of allylic oxidation sites excluding steroid dienone is 14. The molecule has 0 N–H and O–H groups in total. The third-order valence-electron chi connectivity index (χ3n) is 11.8. The Morgan fingerprint density at radius 1 is 0.299 bits per heavy atom. The van der Waals surface area contributed by atoms with Crippen LogP contribution in [0.25, 0.3) is 0 Å². The van der Waals surface area contributed by atoms with Gasteiger partial charge in [0.2, 0.25) is 0 Å². The van der Waals surface area contributed by atoms with Gasteiger partial charge >= 0.3 is 17.9 Å². The van der Waals surface area contributed by atoms with E-state index in [1.165, 1.54) is 141 Å². The van der Waals surface area contributed by atoms with Crippen LogP contribution < -0.4 is 0 Å². The molecule has 0 aliphatic carbocycles. The third kappa shape index (κ3) is 53.4. The molecule has 1 atom stereocenters. The molecule has 384 valence electrons. The van der Waals surface area contributed by atoms with Gasteiger partial charge in [-0.25, -0.2) is 0 Å². The highest BCUT2D eigenvalue weighted by molar-refractivity contribution is 5.71. The summed E-state index contributed by atoms with van der Waals surface area (Å²) in [7, 11) is 0. The Bertz CT molecular complexity index is 1300. The van der Waals surface area contributed by atoms with Crippen molar-refractivity contribution in [2.24, 2.45) is 0 Å². The molecule has 6 nitrogen and oxygen atoms in total. The van der Waals surface area contributed by atoms with E-state index < -0.39 is 6.10 Å². The van der Waals surface area contributed by atoms with Gasteiger partial charge < -0.3 is 14.2 Å². The average Bonchev–Trinajstić information content (AvgIpc) is 3.33. The van der Waals surface area contributed by atoms with E-state index in [9.17, 15) is 14.4 Å². The summed E-state index contributed by atoms with van der Waals surface area (Å²) in [5, 5.41) is 0. The summed E-state index contributed by atoms with van der Waals surface area (Å²) in [5.41, 5.74) is 0. The fraction of sp³-hybridized carbons (Fsp3) is 0.721. The number of hydrogen-bond donors (Lipinski definition) is 0. The highest BCUT2D eigenvalue weighted by Gasteiger charge is 2.19. The van der Waals surface area contributed by atoms with E-state index in [0.717, 1.165) is 77.0 Å². The second kappa shape index (κ2) is 55.2. The van der Waals surface area contributed by atoms with Crippen LogP contribution in [0.3, 0.4) is 0 Å². The van der Waals surface area contributed by atoms with Crippen LogP contribution in [0.2, 0.25) is 0 Å². The van der Waals surface area contributed by atoms with Gasteiger partial charge in [-0.05, 0) is 116 Å². The zero-order chi connectivity index (χ0) is 48.6. The van der Waals surface area contributed by atoms with Crippen LogP contribution in [0.1, 0.15) is 265 Å². The minimum absolute atomic E-state index is 0.103. The molecule has 0 spiro atoms. The summed E-state index contributed by atoms with van der Waals surface area (Å²) in [6, 6.07) is 0. The van der Waals surface area contributed by atoms with Crippen LogP contribution in [0.5, 0.6) is 0 Å². The molecule has 0 fully saturated rings. The lowest BCUT2D eigenvalue weighted by atomic mass is 10.1. The van der Waals surface area contributed by atoms with E-state index in [4.69, 9.17) is 14.2 Å². The Morgan fingerprint density at radius 2 is 0.552 bits per heavy atom. The fourth-order valence-corrected chi connectivity index (χ4v) is 7.58. The second-order valence-electron chi connectivity index (χ2n) is 18.5. The van der Waals surface area contributed by atoms with Crippen LogP contribution in [0.4, 0.5) is 0 Å². The lowest BCUT2D eigenvalue weighted by Crippen LogP contribution is -2.30. The first-order chi connectivity index (χ1) is 33.0. The molecule has 0 saturated carbocycles. The minimum atomic E-state index is -0.810. The predicted molar refractivity (Wildman–Crippen MR) is 288 cm³/mol. The van der Waals surface area contributed by atoms with Crippen molar-refractivity contribution in [3.05, 3.63) is 85.1 Å². The number of ether oxygens (including phenoxy) is 3. The summed E-state index contributed by atoms with van der Waals surface area (Å²) < 4.78 is 16.8. The molecule has 0 bridgehead atoms. The van der Waals surface area contributed by atoms with Gasteiger partial charge in [0.25, 0.3) is 0 Å². The first-order valence-electron chi connectivity index (χ1n) is 28.1. The predicted octanol–water partition coefficient (Wildman–Crippen LogP) is 18.8. The van der Waals surface area contributed by atoms with Gasteiger partial charge in [0.1, 0.15) is 13.2 Å². The number of carbonyl (C=O) groups excluding carboxylic acids is 3. The SMILES string of the molecule is CCCCC/C=C\C/C=C\C/C=C\C/C=C\CCCC(=O)O[C@H](COC(=O)CCCCCCCCC/C=C\C/C=C\CCCCC)COC(=O)CCCCCCCCC/C=C\CCCCCC. The standard InChI is InChI=1S/C61H104O6/c1-4-7-10-13-16-19-22-25-28-30-33-36-39-42-45-48-51-54-60(63)66-57-58(56-65-59(62)53-50-47-44-41-38-35-32-27-24-21-18-15-12-9-6-3)67-61(64)55-52-49-46-43-40-37-34-31-29-26-23-20-17-14-11-8-5-2/h16-17,19-21,24-26,28-29,34,37,43,46,58H,4-15,18,22-23,27,30-33,35-36,38-42,44-45,47-57H2,1-3H3/b19-16-,20-17-,24-21-,28-25-,29-26-,37-34-,46-43-/t58-/m0/s1. The summed E-state index contributed by atoms with van der Waals surface area (Å²) in [4.78, 5) is 38.1. The zero-order valence-electron chi connectivity index (χ0n) is 43.9. The highest BCUT2D eigenvalue weighted by Crippen LogP contribution is 2.14. The fourth-order valence-electron chi connectivity index (χ4n) is 7.58. The molecule has 0 unspecified atom stereocenters. The van der Waals surface area contributed by atoms with E-state index in [1.54, 1.807) is 0 Å². The van der Waals surface area contributed by atoms with Gasteiger partial charge in [-0.1, -0.05) is 215 Å². The molecule has 67 heavy (non-hydrogen) atoms. The van der Waals surface area contributed by atoms with Crippen molar-refractivity contribution in [1.82, 2.24) is 0 Å². The van der Waals surface area contributed by atoms with Gasteiger partial charge in [0.15, 0.2) is 6.10 Å². The molecule has 6 heteroatoms. The van der Waals surface area contributed by atoms with Crippen molar-refractivity contribution in [3.63, 3.8) is 0 Å². The van der Waals surface area contributed by atoms with Crippen molar-refractivity contribution >= 4 is 17.9 Å². The normalized spacial score (nSPS) is 12.7. The molecule has 0 rings (SSSR count). The Labute approximate surface area is 414 Å². The first-order valence-corrected chi connectivity index (χ1v) is 28.1. The summed E-state index contributed by atoms with van der Waals surface area (Å²) >= 11 is 0. The van der Waals surface area contributed by atoms with Crippen LogP contribution in [-0.2, 0) is 28.6 Å². The molecule has 0 aromatic carbocycles. The maximum absolute atomic E-state index is 12.8. The second-order valence-corrected chi connectivity index (χ2v) is 18.5. The van der Waals surface area contributed by atoms with Crippen LogP contribution in [0.15, 0.2) is 85.1 Å². The molecule has 0 aromatic rings. The average molecular weight is 933 g/mol. The largest absolute Gasteiger partial charge is 0.462 e. The lowest BCUT2D eigenvalue weighted by Gasteiger charge is -2.18. The van der Waals surface area contributed by atoms with Gasteiger partial charge in [-0.3, -0.25) is 14.4 Å². The molecule has 0 aromatic heterocycles. The maximum atomic E-state index is 12.8. The smallest absolute Gasteiger partial charge is 0.306 e. The molecule has 0 heterocycles. The van der Waals surface area contributed by atoms with Crippen LogP contribution in [0, 0.1) is 0 Å². The van der Waals surface area contributed by atoms with Crippen molar-refractivity contribution in [1.29, 1.82) is 0 Å². The summed E-state index contributed by atoms with van der Waals surface area (Å²) in [6.07, 6.45) is 71.4. The monoisotopic (exact) mass is 933 g/mol. The first kappa shape index (κ1) is 63.6. The zero-order valence-corrected chi connectivity index (χ0v) is 43.9. The summed E-state index contributed by atoms with van der Waals surface area (Å²) in [6.45, 7) is 6.53. The van der Waals surface area contributed by atoms with E-state index in [1.807, 2.05) is 0 Å². The Balaban J connectivity index is 4.49. The van der Waals surface area contributed by atoms with Crippen molar-refractivity contribution in [2.75, 3.05) is 13.2 Å². The van der Waals surface area contributed by atoms with Crippen LogP contribution >= 0.6 is 0 Å². The number of carbonyl (C=O) groups is 3. The minimum Gasteiger partial charge on any atom is -0.462 e. The Kier molecular flexibility index (Phi) is 52.4. The molecule has 0 amide bonds.